The predicted molar refractivity (Wildman–Crippen MR) is 274 cm³/mol. The van der Waals surface area contributed by atoms with Crippen LogP contribution in [0, 0.1) is 0 Å². The zero-order valence-electron chi connectivity index (χ0n) is 43.9. The largest absolute Gasteiger partial charge is 0.466 e. The van der Waals surface area contributed by atoms with Crippen LogP contribution in [0.3, 0.4) is 0 Å². The number of rotatable bonds is 51. The lowest BCUT2D eigenvalue weighted by atomic mass is 10.1. The van der Waals surface area contributed by atoms with Crippen molar-refractivity contribution in [1.29, 1.82) is 0 Å². The van der Waals surface area contributed by atoms with E-state index in [1.54, 1.807) is 0 Å². The van der Waals surface area contributed by atoms with Crippen LogP contribution >= 0.6 is 0 Å². The van der Waals surface area contributed by atoms with Crippen molar-refractivity contribution in [1.82, 2.24) is 0 Å². The van der Waals surface area contributed by atoms with Crippen molar-refractivity contribution in [3.63, 3.8) is 0 Å². The fourth-order valence-corrected chi connectivity index (χ4v) is 7.97. The first-order chi connectivity index (χ1) is 31.9. The Labute approximate surface area is 403 Å². The second kappa shape index (κ2) is 58.0. The lowest BCUT2D eigenvalue weighted by Gasteiger charge is -2.06. The van der Waals surface area contributed by atoms with Crippen molar-refractivity contribution in [2.24, 2.45) is 0 Å². The van der Waals surface area contributed by atoms with Crippen LogP contribution < -0.4 is 0 Å². The number of hydrogen-bond donors (Lipinski definition) is 0. The molecule has 8 heteroatoms. The third-order valence-corrected chi connectivity index (χ3v) is 12.3. The van der Waals surface area contributed by atoms with Crippen LogP contribution in [0.2, 0.25) is 0 Å². The van der Waals surface area contributed by atoms with E-state index in [1.165, 1.54) is 205 Å². The van der Waals surface area contributed by atoms with E-state index in [4.69, 9.17) is 18.9 Å². The van der Waals surface area contributed by atoms with Crippen LogP contribution in [0.25, 0.3) is 0 Å². The van der Waals surface area contributed by atoms with E-state index >= 15 is 0 Å². The van der Waals surface area contributed by atoms with Gasteiger partial charge in [-0.25, -0.2) is 0 Å². The van der Waals surface area contributed by atoms with Gasteiger partial charge in [0.1, 0.15) is 0 Å². The summed E-state index contributed by atoms with van der Waals surface area (Å²) in [6, 6.07) is 0. The minimum absolute atomic E-state index is 0.134. The van der Waals surface area contributed by atoms with Crippen molar-refractivity contribution >= 4 is 23.9 Å². The van der Waals surface area contributed by atoms with Gasteiger partial charge in [-0.2, -0.15) is 0 Å². The molecule has 0 amide bonds. The summed E-state index contributed by atoms with van der Waals surface area (Å²) in [4.78, 5) is 47.0. The van der Waals surface area contributed by atoms with Gasteiger partial charge >= 0.3 is 23.9 Å². The van der Waals surface area contributed by atoms with Gasteiger partial charge in [0.25, 0.3) is 0 Å². The van der Waals surface area contributed by atoms with Gasteiger partial charge in [-0.05, 0) is 32.1 Å². The lowest BCUT2D eigenvalue weighted by Crippen LogP contribution is -2.11. The molecule has 0 aromatic carbocycles. The molecule has 0 fully saturated rings. The van der Waals surface area contributed by atoms with E-state index in [0.29, 0.717) is 45.7 Å². The van der Waals surface area contributed by atoms with Crippen molar-refractivity contribution in [3.8, 4) is 0 Å². The molecule has 0 aromatic rings. The van der Waals surface area contributed by atoms with Crippen LogP contribution in [0.5, 0.6) is 0 Å². The highest BCUT2D eigenvalue weighted by atomic mass is 16.5. The van der Waals surface area contributed by atoms with Crippen LogP contribution in [0.15, 0.2) is 0 Å². The molecule has 386 valence electrons. The molecule has 0 heterocycles. The minimum atomic E-state index is -0.281. The average Bonchev–Trinajstić information content (AvgIpc) is 3.30. The van der Waals surface area contributed by atoms with Crippen molar-refractivity contribution in [2.75, 3.05) is 26.4 Å². The summed E-state index contributed by atoms with van der Waals surface area (Å²) in [7, 11) is 0. The van der Waals surface area contributed by atoms with Gasteiger partial charge in [-0.15, -0.1) is 0 Å². The number of ether oxygens (including phenoxy) is 4. The first-order valence-electron chi connectivity index (χ1n) is 28.5. The van der Waals surface area contributed by atoms with E-state index in [1.807, 2.05) is 0 Å². The minimum Gasteiger partial charge on any atom is -0.466 e. The fourth-order valence-electron chi connectivity index (χ4n) is 7.97. The van der Waals surface area contributed by atoms with E-state index < -0.39 is 0 Å². The zero-order chi connectivity index (χ0) is 47.8. The Bertz CT molecular complexity index is 908. The average molecular weight is 923 g/mol. The standard InChI is InChI=1S/C29H56O4.C28H54O4/c1-3-5-7-9-11-13-15-17-19-21-26-32-28(30)24-23-25-29(31)33-27-22-20-18-16-14-12-10-8-6-4-2;1-3-5-7-9-11-13-15-17-19-21-25-31-27(29)23-24-28(30)32-26-22-20-18-16-14-12-10-8-6-4-2/h3-27H2,1-2H3;3-26H2,1-2H3. The highest BCUT2D eigenvalue weighted by Crippen LogP contribution is 2.14. The van der Waals surface area contributed by atoms with Crippen molar-refractivity contribution in [3.05, 3.63) is 0 Å². The Balaban J connectivity index is 0. The van der Waals surface area contributed by atoms with Gasteiger partial charge in [0, 0.05) is 12.8 Å². The lowest BCUT2D eigenvalue weighted by molar-refractivity contribution is -0.150. The molecule has 0 N–H and O–H groups in total. The highest BCUT2D eigenvalue weighted by Gasteiger charge is 2.10. The molecule has 0 saturated heterocycles. The third-order valence-electron chi connectivity index (χ3n) is 12.3. The number of esters is 4. The molecule has 8 nitrogen and oxygen atoms in total. The summed E-state index contributed by atoms with van der Waals surface area (Å²) in [5.74, 6) is -0.935. The van der Waals surface area contributed by atoms with Crippen molar-refractivity contribution in [2.45, 2.75) is 317 Å². The molecule has 0 aliphatic carbocycles. The number of unbranched alkanes of at least 4 members (excludes halogenated alkanes) is 36. The summed E-state index contributed by atoms with van der Waals surface area (Å²) in [5, 5.41) is 0. The molecule has 0 aliphatic rings. The van der Waals surface area contributed by atoms with Gasteiger partial charge in [0.05, 0.1) is 39.3 Å². The number of carbonyl (C=O) groups is 4. The van der Waals surface area contributed by atoms with Crippen LogP contribution in [0.1, 0.15) is 317 Å². The summed E-state index contributed by atoms with van der Waals surface area (Å²) in [5.41, 5.74) is 0. The smallest absolute Gasteiger partial charge is 0.306 e. The zero-order valence-corrected chi connectivity index (χ0v) is 43.9. The fraction of sp³-hybridized carbons (Fsp3) is 0.930. The quantitative estimate of drug-likeness (QED) is 0.0337. The Morgan fingerprint density at radius 1 is 0.200 bits per heavy atom. The number of hydrogen-bond acceptors (Lipinski definition) is 8. The second-order valence-corrected chi connectivity index (χ2v) is 19.0. The molecule has 0 unspecified atom stereocenters. The van der Waals surface area contributed by atoms with Gasteiger partial charge in [-0.1, -0.05) is 259 Å². The van der Waals surface area contributed by atoms with Crippen molar-refractivity contribution < 1.29 is 38.1 Å². The summed E-state index contributed by atoms with van der Waals surface area (Å²) < 4.78 is 21.0. The summed E-state index contributed by atoms with van der Waals surface area (Å²) in [6.45, 7) is 11.0. The number of carbonyl (C=O) groups excluding carboxylic acids is 4. The van der Waals surface area contributed by atoms with E-state index in [2.05, 4.69) is 27.7 Å². The maximum Gasteiger partial charge on any atom is 0.306 e. The summed E-state index contributed by atoms with van der Waals surface area (Å²) in [6.07, 6.45) is 52.1. The van der Waals surface area contributed by atoms with Gasteiger partial charge in [0.2, 0.25) is 0 Å². The Kier molecular flexibility index (Phi) is 58.0. The molecule has 0 saturated carbocycles. The van der Waals surface area contributed by atoms with Crippen LogP contribution in [0.4, 0.5) is 0 Å². The first kappa shape index (κ1) is 65.0. The van der Waals surface area contributed by atoms with Gasteiger partial charge < -0.3 is 18.9 Å². The molecular weight excluding hydrogens is 813 g/mol. The van der Waals surface area contributed by atoms with Gasteiger partial charge in [-0.3, -0.25) is 19.2 Å². The van der Waals surface area contributed by atoms with Crippen LogP contribution in [-0.4, -0.2) is 50.3 Å². The molecule has 0 bridgehead atoms. The molecule has 0 spiro atoms. The Morgan fingerprint density at radius 3 is 0.538 bits per heavy atom. The summed E-state index contributed by atoms with van der Waals surface area (Å²) >= 11 is 0. The van der Waals surface area contributed by atoms with E-state index in [-0.39, 0.29) is 36.7 Å². The topological polar surface area (TPSA) is 105 Å². The van der Waals surface area contributed by atoms with Gasteiger partial charge in [0.15, 0.2) is 0 Å². The predicted octanol–water partition coefficient (Wildman–Crippen LogP) is 17.8. The molecule has 0 atom stereocenters. The first-order valence-corrected chi connectivity index (χ1v) is 28.5. The molecule has 0 aliphatic heterocycles. The highest BCUT2D eigenvalue weighted by molar-refractivity contribution is 5.77. The molecule has 0 aromatic heterocycles. The SMILES string of the molecule is CCCCCCCCCCCCOC(=O)CCC(=O)OCCCCCCCCCCCC.CCCCCCCCCCCCOC(=O)CCCC(=O)OCCCCCCCCCCCC. The Morgan fingerprint density at radius 2 is 0.354 bits per heavy atom. The normalized spacial score (nSPS) is 11.0. The third kappa shape index (κ3) is 59.9. The second-order valence-electron chi connectivity index (χ2n) is 19.0. The monoisotopic (exact) mass is 923 g/mol. The molecule has 0 radical (unpaired) electrons. The molecule has 65 heavy (non-hydrogen) atoms. The van der Waals surface area contributed by atoms with Crippen LogP contribution in [-0.2, 0) is 38.1 Å². The maximum absolute atomic E-state index is 11.8. The maximum atomic E-state index is 11.8. The Hall–Kier alpha value is -2.12. The molecular formula is C57H110O8. The van der Waals surface area contributed by atoms with E-state index in [0.717, 1.165) is 51.4 Å². The molecule has 0 rings (SSSR count). The van der Waals surface area contributed by atoms with E-state index in [9.17, 15) is 19.2 Å².